The number of hydrogen-bond donors (Lipinski definition) is 3. The maximum absolute atomic E-state index is 12.0. The number of rotatable bonds is 4. The van der Waals surface area contributed by atoms with E-state index >= 15 is 0 Å². The molecule has 0 fully saturated rings. The Morgan fingerprint density at radius 2 is 2.10 bits per heavy atom. The fraction of sp³-hybridized carbons (Fsp3) is 0.143. The van der Waals surface area contributed by atoms with Crippen LogP contribution >= 0.6 is 0 Å². The molecule has 106 valence electrons. The van der Waals surface area contributed by atoms with Crippen molar-refractivity contribution < 1.29 is 4.79 Å². The Bertz CT molecular complexity index is 782. The first kappa shape index (κ1) is 13.0. The fourth-order valence-electron chi connectivity index (χ4n) is 2.01. The van der Waals surface area contributed by atoms with Crippen molar-refractivity contribution in [3.05, 3.63) is 48.0 Å². The molecule has 0 aliphatic carbocycles. The Morgan fingerprint density at radius 3 is 2.95 bits per heavy atom. The Morgan fingerprint density at radius 1 is 1.24 bits per heavy atom. The zero-order chi connectivity index (χ0) is 14.7. The highest BCUT2D eigenvalue weighted by atomic mass is 16.2. The second kappa shape index (κ2) is 5.58. The number of fused-ring (bicyclic) bond motifs is 1. The smallest absolute Gasteiger partial charge is 0.242 e. The average Bonchev–Trinajstić information content (AvgIpc) is 2.96. The molecule has 2 heterocycles. The molecule has 0 saturated carbocycles. The molecule has 7 nitrogen and oxygen atoms in total. The van der Waals surface area contributed by atoms with E-state index in [-0.39, 0.29) is 5.91 Å². The van der Waals surface area contributed by atoms with Crippen LogP contribution in [0.1, 0.15) is 11.1 Å². The van der Waals surface area contributed by atoms with Gasteiger partial charge in [0, 0.05) is 0 Å². The molecule has 2 aromatic heterocycles. The van der Waals surface area contributed by atoms with Gasteiger partial charge in [0.25, 0.3) is 0 Å². The molecule has 0 spiro atoms. The van der Waals surface area contributed by atoms with Crippen LogP contribution in [0, 0.1) is 6.92 Å². The van der Waals surface area contributed by atoms with Gasteiger partial charge in [0.05, 0.1) is 12.7 Å². The van der Waals surface area contributed by atoms with E-state index in [0.717, 1.165) is 11.1 Å². The van der Waals surface area contributed by atoms with Crippen molar-refractivity contribution in [3.8, 4) is 0 Å². The first-order valence-corrected chi connectivity index (χ1v) is 6.47. The van der Waals surface area contributed by atoms with Crippen molar-refractivity contribution in [3.63, 3.8) is 0 Å². The number of benzene rings is 1. The molecule has 3 rings (SSSR count). The summed E-state index contributed by atoms with van der Waals surface area (Å²) in [6.07, 6.45) is 3.22. The summed E-state index contributed by atoms with van der Waals surface area (Å²) in [6, 6.07) is 7.79. The van der Waals surface area contributed by atoms with Crippen LogP contribution < -0.4 is 10.9 Å². The van der Waals surface area contributed by atoms with E-state index in [1.54, 1.807) is 0 Å². The van der Waals surface area contributed by atoms with Crippen molar-refractivity contribution in [2.75, 3.05) is 5.43 Å². The monoisotopic (exact) mass is 282 g/mol. The molecule has 1 aromatic carbocycles. The molecule has 21 heavy (non-hydrogen) atoms. The van der Waals surface area contributed by atoms with Crippen LogP contribution in [0.15, 0.2) is 36.9 Å². The van der Waals surface area contributed by atoms with Crippen molar-refractivity contribution >= 4 is 22.9 Å². The van der Waals surface area contributed by atoms with E-state index in [0.29, 0.717) is 23.4 Å². The number of carbonyl (C=O) groups excluding carboxylic acids is 1. The highest BCUT2D eigenvalue weighted by Crippen LogP contribution is 2.13. The molecule has 3 aromatic rings. The number of H-pyrrole nitrogens is 1. The summed E-state index contributed by atoms with van der Waals surface area (Å²) in [4.78, 5) is 27.0. The lowest BCUT2D eigenvalue weighted by Crippen LogP contribution is -2.31. The number of imidazole rings is 1. The van der Waals surface area contributed by atoms with Crippen LogP contribution in [0.25, 0.3) is 11.2 Å². The molecular formula is C14H14N6O. The Kier molecular flexibility index (Phi) is 3.46. The van der Waals surface area contributed by atoms with Gasteiger partial charge < -0.3 is 4.98 Å². The lowest BCUT2D eigenvalue weighted by Gasteiger charge is -2.09. The van der Waals surface area contributed by atoms with Gasteiger partial charge in [-0.3, -0.25) is 15.6 Å². The van der Waals surface area contributed by atoms with Gasteiger partial charge in [-0.15, -0.1) is 0 Å². The minimum absolute atomic E-state index is 0.143. The number of aryl methyl sites for hydroxylation is 1. The van der Waals surface area contributed by atoms with Gasteiger partial charge in [-0.05, 0) is 18.1 Å². The number of aromatic amines is 1. The lowest BCUT2D eigenvalue weighted by molar-refractivity contribution is -0.119. The second-order valence-electron chi connectivity index (χ2n) is 4.60. The first-order chi connectivity index (χ1) is 10.2. The van der Waals surface area contributed by atoms with Gasteiger partial charge in [0.15, 0.2) is 11.5 Å². The quantitative estimate of drug-likeness (QED) is 0.628. The number of nitrogens with zero attached hydrogens (tertiary/aromatic N) is 3. The summed E-state index contributed by atoms with van der Waals surface area (Å²) < 4.78 is 0. The van der Waals surface area contributed by atoms with E-state index < -0.39 is 0 Å². The number of nitrogens with one attached hydrogen (secondary N) is 3. The molecule has 0 unspecified atom stereocenters. The Labute approximate surface area is 120 Å². The highest BCUT2D eigenvalue weighted by Gasteiger charge is 2.08. The number of carbonyl (C=O) groups is 1. The third kappa shape index (κ3) is 2.81. The molecule has 7 heteroatoms. The molecule has 0 atom stereocenters. The van der Waals surface area contributed by atoms with Gasteiger partial charge >= 0.3 is 0 Å². The van der Waals surface area contributed by atoms with Crippen molar-refractivity contribution in [1.29, 1.82) is 0 Å². The van der Waals surface area contributed by atoms with Crippen molar-refractivity contribution in [1.82, 2.24) is 25.4 Å². The molecule has 0 saturated heterocycles. The van der Waals surface area contributed by atoms with Crippen LogP contribution in [0.4, 0.5) is 5.82 Å². The van der Waals surface area contributed by atoms with Crippen LogP contribution in [0.5, 0.6) is 0 Å². The average molecular weight is 282 g/mol. The van der Waals surface area contributed by atoms with E-state index in [1.807, 2.05) is 31.2 Å². The molecular weight excluding hydrogens is 268 g/mol. The molecule has 1 amide bonds. The Balaban J connectivity index is 1.66. The largest absolute Gasteiger partial charge is 0.340 e. The Hall–Kier alpha value is -2.96. The minimum Gasteiger partial charge on any atom is -0.340 e. The topological polar surface area (TPSA) is 95.6 Å². The summed E-state index contributed by atoms with van der Waals surface area (Å²) >= 11 is 0. The second-order valence-corrected chi connectivity index (χ2v) is 4.60. The SMILES string of the molecule is Cc1ccccc1CC(=O)NNc1ncnc2nc[nH]c12. The van der Waals surface area contributed by atoms with Crippen LogP contribution in [0.3, 0.4) is 0 Å². The van der Waals surface area contributed by atoms with Gasteiger partial charge in [0.2, 0.25) is 5.91 Å². The maximum Gasteiger partial charge on any atom is 0.242 e. The fourth-order valence-corrected chi connectivity index (χ4v) is 2.01. The predicted molar refractivity (Wildman–Crippen MR) is 78.3 cm³/mol. The minimum atomic E-state index is -0.143. The van der Waals surface area contributed by atoms with Crippen molar-refractivity contribution in [2.45, 2.75) is 13.3 Å². The van der Waals surface area contributed by atoms with E-state index in [4.69, 9.17) is 0 Å². The van der Waals surface area contributed by atoms with Gasteiger partial charge in [0.1, 0.15) is 11.8 Å². The van der Waals surface area contributed by atoms with Crippen LogP contribution in [0.2, 0.25) is 0 Å². The molecule has 0 bridgehead atoms. The van der Waals surface area contributed by atoms with E-state index in [2.05, 4.69) is 30.8 Å². The molecule has 0 radical (unpaired) electrons. The number of anilines is 1. The first-order valence-electron chi connectivity index (χ1n) is 6.47. The van der Waals surface area contributed by atoms with E-state index in [1.165, 1.54) is 12.7 Å². The normalized spacial score (nSPS) is 10.5. The molecule has 3 N–H and O–H groups in total. The van der Waals surface area contributed by atoms with Gasteiger partial charge in [-0.1, -0.05) is 24.3 Å². The zero-order valence-corrected chi connectivity index (χ0v) is 11.4. The summed E-state index contributed by atoms with van der Waals surface area (Å²) in [5.74, 6) is 0.339. The third-order valence-electron chi connectivity index (χ3n) is 3.16. The number of amides is 1. The third-order valence-corrected chi connectivity index (χ3v) is 3.16. The summed E-state index contributed by atoms with van der Waals surface area (Å²) in [5, 5.41) is 0. The standard InChI is InChI=1S/C14H14N6O/c1-9-4-2-3-5-10(9)6-11(21)19-20-14-12-13(16-7-15-12)17-8-18-14/h2-5,7-8H,6H2,1H3,(H,19,21)(H2,15,16,17,18,20). The van der Waals surface area contributed by atoms with Crippen LogP contribution in [-0.2, 0) is 11.2 Å². The predicted octanol–water partition coefficient (Wildman–Crippen LogP) is 1.35. The summed E-state index contributed by atoms with van der Waals surface area (Å²) in [5.41, 5.74) is 8.69. The van der Waals surface area contributed by atoms with Gasteiger partial charge in [-0.25, -0.2) is 15.0 Å². The lowest BCUT2D eigenvalue weighted by atomic mass is 10.1. The zero-order valence-electron chi connectivity index (χ0n) is 11.4. The maximum atomic E-state index is 12.0. The number of hydrazine groups is 1. The molecule has 0 aliphatic heterocycles. The number of aromatic nitrogens is 4. The highest BCUT2D eigenvalue weighted by molar-refractivity contribution is 5.85. The number of hydrogen-bond acceptors (Lipinski definition) is 5. The van der Waals surface area contributed by atoms with E-state index in [9.17, 15) is 4.79 Å². The summed E-state index contributed by atoms with van der Waals surface area (Å²) in [6.45, 7) is 1.98. The van der Waals surface area contributed by atoms with Crippen molar-refractivity contribution in [2.24, 2.45) is 0 Å². The van der Waals surface area contributed by atoms with Gasteiger partial charge in [-0.2, -0.15) is 0 Å². The van der Waals surface area contributed by atoms with Crippen LogP contribution in [-0.4, -0.2) is 25.8 Å². The molecule has 0 aliphatic rings. The summed E-state index contributed by atoms with van der Waals surface area (Å²) in [7, 11) is 0.